The molecule has 0 fully saturated rings. The molecule has 0 bridgehead atoms. The molecule has 0 spiro atoms. The highest BCUT2D eigenvalue weighted by Crippen LogP contribution is 2.34. The summed E-state index contributed by atoms with van der Waals surface area (Å²) in [6, 6.07) is 14.9. The summed E-state index contributed by atoms with van der Waals surface area (Å²) in [4.78, 5) is 13.6. The first-order chi connectivity index (χ1) is 14.0. The molecule has 1 aliphatic heterocycles. The molecule has 0 aliphatic carbocycles. The number of hydrogen-bond donors (Lipinski definition) is 1. The van der Waals surface area contributed by atoms with Gasteiger partial charge in [0.25, 0.3) is 0 Å². The van der Waals surface area contributed by atoms with Gasteiger partial charge in [0, 0.05) is 31.9 Å². The van der Waals surface area contributed by atoms with Crippen LogP contribution in [0.2, 0.25) is 0 Å². The van der Waals surface area contributed by atoms with Gasteiger partial charge in [-0.2, -0.15) is 0 Å². The predicted octanol–water partition coefficient (Wildman–Crippen LogP) is 4.82. The zero-order valence-electron chi connectivity index (χ0n) is 16.7. The minimum atomic E-state index is -0.210. The lowest BCUT2D eigenvalue weighted by Crippen LogP contribution is -2.28. The van der Waals surface area contributed by atoms with Crippen LogP contribution >= 0.6 is 0 Å². The smallest absolute Gasteiger partial charge is 0.158 e. The largest absolute Gasteiger partial charge is 0.372 e. The molecule has 1 aromatic carbocycles. The van der Waals surface area contributed by atoms with Crippen LogP contribution in [0, 0.1) is 12.7 Å². The fourth-order valence-electron chi connectivity index (χ4n) is 3.51. The Kier molecular flexibility index (Phi) is 5.16. The van der Waals surface area contributed by atoms with Gasteiger partial charge in [-0.1, -0.05) is 12.6 Å². The molecule has 3 aromatic rings. The second-order valence-corrected chi connectivity index (χ2v) is 7.22. The molecule has 1 N–H and O–H groups in total. The molecule has 0 amide bonds. The van der Waals surface area contributed by atoms with Crippen molar-refractivity contribution in [3.63, 3.8) is 0 Å². The van der Waals surface area contributed by atoms with Gasteiger partial charge in [-0.05, 0) is 61.4 Å². The first-order valence-electron chi connectivity index (χ1n) is 9.66. The van der Waals surface area contributed by atoms with Gasteiger partial charge in [0.15, 0.2) is 5.82 Å². The fourth-order valence-corrected chi connectivity index (χ4v) is 3.51. The number of nitrogens with zero attached hydrogens (tertiary/aromatic N) is 4. The van der Waals surface area contributed by atoms with Gasteiger partial charge in [0.1, 0.15) is 17.5 Å². The second kappa shape index (κ2) is 7.91. The molecule has 1 aliphatic rings. The number of halogens is 1. The summed E-state index contributed by atoms with van der Waals surface area (Å²) < 4.78 is 13.7. The summed E-state index contributed by atoms with van der Waals surface area (Å²) in [5.74, 6) is 2.08. The number of rotatable bonds is 4. The molecule has 0 radical (unpaired) electrons. The molecule has 0 saturated heterocycles. The summed E-state index contributed by atoms with van der Waals surface area (Å²) in [5.41, 5.74) is 3.34. The van der Waals surface area contributed by atoms with Gasteiger partial charge in [-0.15, -0.1) is 0 Å². The summed E-state index contributed by atoms with van der Waals surface area (Å²) in [6.45, 7) is 7.71. The highest BCUT2D eigenvalue weighted by Gasteiger charge is 2.23. The van der Waals surface area contributed by atoms with Crippen molar-refractivity contribution in [2.45, 2.75) is 13.3 Å². The van der Waals surface area contributed by atoms with Crippen LogP contribution in [0.5, 0.6) is 0 Å². The molecule has 2 aromatic heterocycles. The Labute approximate surface area is 170 Å². The molecule has 3 heterocycles. The van der Waals surface area contributed by atoms with E-state index in [-0.39, 0.29) is 5.82 Å². The number of hydrogen-bond acceptors (Lipinski definition) is 5. The van der Waals surface area contributed by atoms with E-state index in [1.807, 2.05) is 30.3 Å². The third kappa shape index (κ3) is 3.92. The maximum atomic E-state index is 13.7. The number of pyridine rings is 2. The third-order valence-electron chi connectivity index (χ3n) is 5.11. The summed E-state index contributed by atoms with van der Waals surface area (Å²) >= 11 is 0. The molecule has 148 valence electrons. The Bertz CT molecular complexity index is 1030. The highest BCUT2D eigenvalue weighted by molar-refractivity contribution is 5.75. The SMILES string of the molecule is C=C(Nc1ccccn1)N1CCCN(C)c2ccc(-c3ccc(F)c(C)c3)nc21. The lowest BCUT2D eigenvalue weighted by atomic mass is 10.1. The molecule has 29 heavy (non-hydrogen) atoms. The molecule has 0 atom stereocenters. The third-order valence-corrected chi connectivity index (χ3v) is 5.11. The van der Waals surface area contributed by atoms with Gasteiger partial charge in [-0.25, -0.2) is 14.4 Å². The highest BCUT2D eigenvalue weighted by atomic mass is 19.1. The van der Waals surface area contributed by atoms with Crippen molar-refractivity contribution in [3.05, 3.63) is 78.5 Å². The van der Waals surface area contributed by atoms with Crippen LogP contribution in [0.15, 0.2) is 67.1 Å². The van der Waals surface area contributed by atoms with Crippen molar-refractivity contribution >= 4 is 17.3 Å². The number of fused-ring (bicyclic) bond motifs is 1. The maximum absolute atomic E-state index is 13.7. The number of aromatic nitrogens is 2. The van der Waals surface area contributed by atoms with E-state index < -0.39 is 0 Å². The Hall–Kier alpha value is -3.41. The quantitative estimate of drug-likeness (QED) is 0.693. The molecule has 0 saturated carbocycles. The molecule has 0 unspecified atom stereocenters. The Balaban J connectivity index is 1.73. The number of aryl methyl sites for hydroxylation is 1. The average molecular weight is 389 g/mol. The topological polar surface area (TPSA) is 44.3 Å². The predicted molar refractivity (Wildman–Crippen MR) is 117 cm³/mol. The number of nitrogens with one attached hydrogen (secondary N) is 1. The summed E-state index contributed by atoms with van der Waals surface area (Å²) in [5, 5.41) is 3.28. The Morgan fingerprint density at radius 3 is 2.76 bits per heavy atom. The average Bonchev–Trinajstić information content (AvgIpc) is 2.89. The van der Waals surface area contributed by atoms with Crippen LogP contribution in [0.25, 0.3) is 11.3 Å². The molecule has 5 nitrogen and oxygen atoms in total. The lowest BCUT2D eigenvalue weighted by molar-refractivity contribution is 0.619. The monoisotopic (exact) mass is 389 g/mol. The lowest BCUT2D eigenvalue weighted by Gasteiger charge is -2.27. The van der Waals surface area contributed by atoms with Gasteiger partial charge in [-0.3, -0.25) is 0 Å². The van der Waals surface area contributed by atoms with E-state index >= 15 is 0 Å². The van der Waals surface area contributed by atoms with Crippen LogP contribution in [0.1, 0.15) is 12.0 Å². The van der Waals surface area contributed by atoms with Crippen molar-refractivity contribution in [2.75, 3.05) is 35.3 Å². The summed E-state index contributed by atoms with van der Waals surface area (Å²) in [6.07, 6.45) is 2.72. The van der Waals surface area contributed by atoms with E-state index in [1.54, 1.807) is 19.2 Å². The minimum Gasteiger partial charge on any atom is -0.372 e. The fraction of sp³-hybridized carbons (Fsp3) is 0.217. The van der Waals surface area contributed by atoms with Crippen LogP contribution in [-0.4, -0.2) is 30.1 Å². The minimum absolute atomic E-state index is 0.210. The van der Waals surface area contributed by atoms with Crippen LogP contribution in [0.3, 0.4) is 0 Å². The molecule has 6 heteroatoms. The molecular formula is C23H24FN5. The Morgan fingerprint density at radius 2 is 2.00 bits per heavy atom. The molecule has 4 rings (SSSR count). The van der Waals surface area contributed by atoms with E-state index in [9.17, 15) is 4.39 Å². The van der Waals surface area contributed by atoms with E-state index in [0.29, 0.717) is 5.56 Å². The van der Waals surface area contributed by atoms with Crippen LogP contribution < -0.4 is 15.1 Å². The van der Waals surface area contributed by atoms with E-state index in [1.165, 1.54) is 6.07 Å². The number of anilines is 3. The van der Waals surface area contributed by atoms with Gasteiger partial charge < -0.3 is 15.1 Å². The van der Waals surface area contributed by atoms with Crippen molar-refractivity contribution in [1.82, 2.24) is 9.97 Å². The van der Waals surface area contributed by atoms with Crippen molar-refractivity contribution in [1.29, 1.82) is 0 Å². The van der Waals surface area contributed by atoms with Gasteiger partial charge in [0.2, 0.25) is 0 Å². The van der Waals surface area contributed by atoms with Crippen LogP contribution in [0.4, 0.5) is 21.7 Å². The zero-order chi connectivity index (χ0) is 20.4. The van der Waals surface area contributed by atoms with Gasteiger partial charge in [0.05, 0.1) is 11.4 Å². The normalized spacial score (nSPS) is 13.6. The van der Waals surface area contributed by atoms with E-state index in [2.05, 4.69) is 39.8 Å². The standard InChI is InChI=1S/C23H24FN5/c1-16-15-18(8-9-19(16)24)20-10-11-21-23(27-20)29(14-6-13-28(21)3)17(2)26-22-7-4-5-12-25-22/h4-5,7-12,15H,2,6,13-14H2,1,3H3,(H,25,26). The van der Waals surface area contributed by atoms with E-state index in [4.69, 9.17) is 4.98 Å². The second-order valence-electron chi connectivity index (χ2n) is 7.22. The van der Waals surface area contributed by atoms with Crippen LogP contribution in [-0.2, 0) is 0 Å². The van der Waals surface area contributed by atoms with Crippen molar-refractivity contribution in [3.8, 4) is 11.3 Å². The first-order valence-corrected chi connectivity index (χ1v) is 9.66. The zero-order valence-corrected chi connectivity index (χ0v) is 16.7. The number of benzene rings is 1. The summed E-state index contributed by atoms with van der Waals surface area (Å²) in [7, 11) is 2.07. The maximum Gasteiger partial charge on any atom is 0.158 e. The first kappa shape index (κ1) is 18.9. The van der Waals surface area contributed by atoms with Crippen molar-refractivity contribution in [2.24, 2.45) is 0 Å². The van der Waals surface area contributed by atoms with Crippen molar-refractivity contribution < 1.29 is 4.39 Å². The Morgan fingerprint density at radius 1 is 1.14 bits per heavy atom. The van der Waals surface area contributed by atoms with Gasteiger partial charge >= 0.3 is 0 Å². The molecular weight excluding hydrogens is 365 g/mol. The van der Waals surface area contributed by atoms with E-state index in [0.717, 1.165) is 53.9 Å².